The summed E-state index contributed by atoms with van der Waals surface area (Å²) >= 11 is 0. The Morgan fingerprint density at radius 2 is 1.76 bits per heavy atom. The number of anilines is 1. The molecule has 1 aromatic heterocycles. The first-order chi connectivity index (χ1) is 17.5. The Morgan fingerprint density at radius 3 is 2.32 bits per heavy atom. The van der Waals surface area contributed by atoms with Crippen molar-refractivity contribution < 1.29 is 9.53 Å². The third-order valence-corrected chi connectivity index (χ3v) is 7.61. The third-order valence-electron chi connectivity index (χ3n) is 7.61. The minimum Gasteiger partial charge on any atom is -0.444 e. The van der Waals surface area contributed by atoms with Gasteiger partial charge >= 0.3 is 6.09 Å². The standard InChI is InChI=1S/C29H45N5O3/c1-8-12-25(32-18-20(3)34(21(4)19-32)28(36)37-29(5,6)7)26-30-24-17-22(31-15-10-11-16-31)13-14-23(24)27(35)33(26)9-2/h13-14,17,20-21,25H,8-12,15-16,18-19H2,1-7H3/t20-,21+,25?. The van der Waals surface area contributed by atoms with Crippen molar-refractivity contribution in [3.63, 3.8) is 0 Å². The van der Waals surface area contributed by atoms with Crippen molar-refractivity contribution in [1.29, 1.82) is 0 Å². The van der Waals surface area contributed by atoms with Crippen molar-refractivity contribution in [2.45, 2.75) is 104 Å². The van der Waals surface area contributed by atoms with Crippen molar-refractivity contribution in [2.75, 3.05) is 31.1 Å². The number of rotatable bonds is 6. The molecule has 1 unspecified atom stereocenters. The molecule has 8 heteroatoms. The van der Waals surface area contributed by atoms with Crippen LogP contribution in [0.15, 0.2) is 23.0 Å². The van der Waals surface area contributed by atoms with Crippen LogP contribution in [0.4, 0.5) is 10.5 Å². The van der Waals surface area contributed by atoms with Crippen molar-refractivity contribution >= 4 is 22.7 Å². The minimum atomic E-state index is -0.529. The monoisotopic (exact) mass is 511 g/mol. The van der Waals surface area contributed by atoms with Crippen LogP contribution < -0.4 is 10.5 Å². The van der Waals surface area contributed by atoms with E-state index in [4.69, 9.17) is 9.72 Å². The molecule has 0 radical (unpaired) electrons. The second kappa shape index (κ2) is 11.0. The largest absolute Gasteiger partial charge is 0.444 e. The summed E-state index contributed by atoms with van der Waals surface area (Å²) in [6.07, 6.45) is 4.03. The van der Waals surface area contributed by atoms with Crippen LogP contribution in [-0.2, 0) is 11.3 Å². The quantitative estimate of drug-likeness (QED) is 0.532. The molecular weight excluding hydrogens is 466 g/mol. The number of fused-ring (bicyclic) bond motifs is 1. The SMILES string of the molecule is CCCC(c1nc2cc(N3CCCC3)ccc2c(=O)n1CC)N1C[C@@H](C)N(C(=O)OC(C)(C)C)[C@@H](C)C1. The summed E-state index contributed by atoms with van der Waals surface area (Å²) in [5, 5.41) is 0.681. The van der Waals surface area contributed by atoms with Gasteiger partial charge in [0.05, 0.1) is 16.9 Å². The van der Waals surface area contributed by atoms with Gasteiger partial charge in [0.25, 0.3) is 5.56 Å². The summed E-state index contributed by atoms with van der Waals surface area (Å²) in [4.78, 5) is 38.4. The highest BCUT2D eigenvalue weighted by Gasteiger charge is 2.39. The number of nitrogens with zero attached hydrogens (tertiary/aromatic N) is 5. The summed E-state index contributed by atoms with van der Waals surface area (Å²) in [7, 11) is 0. The van der Waals surface area contributed by atoms with Crippen LogP contribution in [0.5, 0.6) is 0 Å². The van der Waals surface area contributed by atoms with E-state index < -0.39 is 5.60 Å². The number of amides is 1. The molecule has 0 aliphatic carbocycles. The molecule has 2 aromatic rings. The molecular formula is C29H45N5O3. The van der Waals surface area contributed by atoms with Gasteiger partial charge in [0.2, 0.25) is 0 Å². The first-order valence-electron chi connectivity index (χ1n) is 14.1. The van der Waals surface area contributed by atoms with Crippen molar-refractivity contribution in [1.82, 2.24) is 19.4 Å². The summed E-state index contributed by atoms with van der Waals surface area (Å²) in [6, 6.07) is 6.10. The number of ether oxygens (including phenoxy) is 1. The Hall–Kier alpha value is -2.61. The maximum absolute atomic E-state index is 13.6. The molecule has 1 amide bonds. The number of benzene rings is 1. The van der Waals surface area contributed by atoms with Gasteiger partial charge < -0.3 is 14.5 Å². The second-order valence-electron chi connectivity index (χ2n) is 11.8. The summed E-state index contributed by atoms with van der Waals surface area (Å²) in [6.45, 7) is 18.2. The number of aromatic nitrogens is 2. The molecule has 0 N–H and O–H groups in total. The summed E-state index contributed by atoms with van der Waals surface area (Å²) < 4.78 is 7.56. The molecule has 0 saturated carbocycles. The van der Waals surface area contributed by atoms with Crippen LogP contribution in [0.25, 0.3) is 10.9 Å². The molecule has 204 valence electrons. The summed E-state index contributed by atoms with van der Waals surface area (Å²) in [5.74, 6) is 0.838. The van der Waals surface area contributed by atoms with Gasteiger partial charge in [-0.2, -0.15) is 0 Å². The molecule has 2 saturated heterocycles. The van der Waals surface area contributed by atoms with E-state index in [-0.39, 0.29) is 29.8 Å². The Kier molecular flexibility index (Phi) is 8.17. The molecule has 2 aliphatic heterocycles. The molecule has 3 atom stereocenters. The lowest BCUT2D eigenvalue weighted by Crippen LogP contribution is -2.60. The van der Waals surface area contributed by atoms with Crippen molar-refractivity contribution in [2.24, 2.45) is 0 Å². The summed E-state index contributed by atoms with van der Waals surface area (Å²) in [5.41, 5.74) is 1.43. The van der Waals surface area contributed by atoms with E-state index in [0.29, 0.717) is 25.0 Å². The van der Waals surface area contributed by atoms with Crippen LogP contribution in [0.3, 0.4) is 0 Å². The van der Waals surface area contributed by atoms with Gasteiger partial charge in [-0.1, -0.05) is 13.3 Å². The van der Waals surface area contributed by atoms with Gasteiger partial charge in [0, 0.05) is 50.5 Å². The molecule has 2 fully saturated rings. The fourth-order valence-electron chi connectivity index (χ4n) is 6.00. The number of carbonyl (C=O) groups excluding carboxylic acids is 1. The predicted molar refractivity (Wildman–Crippen MR) is 149 cm³/mol. The smallest absolute Gasteiger partial charge is 0.410 e. The minimum absolute atomic E-state index is 0.00294. The van der Waals surface area contributed by atoms with Gasteiger partial charge in [0.15, 0.2) is 0 Å². The van der Waals surface area contributed by atoms with Gasteiger partial charge in [-0.3, -0.25) is 14.3 Å². The van der Waals surface area contributed by atoms with Gasteiger partial charge in [0.1, 0.15) is 11.4 Å². The Balaban J connectivity index is 1.69. The zero-order valence-electron chi connectivity index (χ0n) is 23.8. The van der Waals surface area contributed by atoms with E-state index in [2.05, 4.69) is 42.7 Å². The van der Waals surface area contributed by atoms with Crippen LogP contribution in [0.2, 0.25) is 0 Å². The van der Waals surface area contributed by atoms with E-state index in [1.54, 1.807) is 0 Å². The van der Waals surface area contributed by atoms with Crippen LogP contribution >= 0.6 is 0 Å². The number of hydrogen-bond acceptors (Lipinski definition) is 6. The highest BCUT2D eigenvalue weighted by atomic mass is 16.6. The molecule has 1 aromatic carbocycles. The van der Waals surface area contributed by atoms with Crippen LogP contribution in [-0.4, -0.2) is 69.3 Å². The maximum atomic E-state index is 13.6. The maximum Gasteiger partial charge on any atom is 0.410 e. The van der Waals surface area contributed by atoms with Crippen LogP contribution in [0.1, 0.15) is 86.0 Å². The molecule has 2 aliphatic rings. The predicted octanol–water partition coefficient (Wildman–Crippen LogP) is 5.19. The lowest BCUT2D eigenvalue weighted by molar-refractivity contribution is -0.0247. The fraction of sp³-hybridized carbons (Fsp3) is 0.690. The first-order valence-corrected chi connectivity index (χ1v) is 14.1. The first kappa shape index (κ1) is 27.4. The van der Waals surface area contributed by atoms with E-state index in [0.717, 1.165) is 43.0 Å². The molecule has 8 nitrogen and oxygen atoms in total. The average molecular weight is 512 g/mol. The van der Waals surface area contributed by atoms with E-state index in [1.165, 1.54) is 12.8 Å². The Morgan fingerprint density at radius 1 is 1.11 bits per heavy atom. The number of piperazine rings is 1. The topological polar surface area (TPSA) is 70.9 Å². The molecule has 37 heavy (non-hydrogen) atoms. The highest BCUT2D eigenvalue weighted by molar-refractivity contribution is 5.82. The fourth-order valence-corrected chi connectivity index (χ4v) is 6.00. The van der Waals surface area contributed by atoms with Gasteiger partial charge in [-0.25, -0.2) is 9.78 Å². The molecule has 3 heterocycles. The van der Waals surface area contributed by atoms with Gasteiger partial charge in [-0.05, 0) is 79.0 Å². The van der Waals surface area contributed by atoms with Gasteiger partial charge in [-0.15, -0.1) is 0 Å². The Bertz CT molecular complexity index is 1150. The number of carbonyl (C=O) groups is 1. The zero-order chi connectivity index (χ0) is 26.9. The lowest BCUT2D eigenvalue weighted by atomic mass is 10.0. The van der Waals surface area contributed by atoms with Crippen molar-refractivity contribution in [3.05, 3.63) is 34.4 Å². The molecule has 4 rings (SSSR count). The third kappa shape index (κ3) is 5.79. The normalized spacial score (nSPS) is 22.0. The van der Waals surface area contributed by atoms with Crippen LogP contribution in [0, 0.1) is 0 Å². The van der Waals surface area contributed by atoms with E-state index in [1.807, 2.05) is 43.2 Å². The van der Waals surface area contributed by atoms with E-state index in [9.17, 15) is 9.59 Å². The average Bonchev–Trinajstić information content (AvgIpc) is 3.35. The lowest BCUT2D eigenvalue weighted by Gasteiger charge is -2.47. The zero-order valence-corrected chi connectivity index (χ0v) is 23.8. The number of hydrogen-bond donors (Lipinski definition) is 0. The van der Waals surface area contributed by atoms with E-state index >= 15 is 0 Å². The highest BCUT2D eigenvalue weighted by Crippen LogP contribution is 2.31. The molecule has 0 bridgehead atoms. The Labute approximate surface area is 221 Å². The van der Waals surface area contributed by atoms with Crippen molar-refractivity contribution in [3.8, 4) is 0 Å². The molecule has 0 spiro atoms. The second-order valence-corrected chi connectivity index (χ2v) is 11.8.